The predicted molar refractivity (Wildman–Crippen MR) is 124 cm³/mol. The molecule has 0 aliphatic rings. The average molecular weight is 479 g/mol. The number of carbonyl (C=O) groups excluding carboxylic acids is 3. The molecule has 0 aliphatic carbocycles. The number of amides is 3. The van der Waals surface area contributed by atoms with Crippen molar-refractivity contribution >= 4 is 29.7 Å². The highest BCUT2D eigenvalue weighted by molar-refractivity contribution is 5.94. The molecule has 0 saturated carbocycles. The zero-order chi connectivity index (χ0) is 25.8. The maximum atomic E-state index is 13.0. The van der Waals surface area contributed by atoms with Gasteiger partial charge in [-0.2, -0.15) is 0 Å². The summed E-state index contributed by atoms with van der Waals surface area (Å²) >= 11 is 0. The molecule has 4 unspecified atom stereocenters. The Hall–Kier alpha value is -3.47. The number of nitrogens with one attached hydrogen (secondary N) is 3. The Kier molecular flexibility index (Phi) is 11.7. The fourth-order valence-corrected chi connectivity index (χ4v) is 3.14. The number of benzene rings is 1. The Bertz CT molecular complexity index is 860. The summed E-state index contributed by atoms with van der Waals surface area (Å²) in [5, 5.41) is 25.5. The number of carbonyl (C=O) groups is 5. The van der Waals surface area contributed by atoms with Crippen LogP contribution in [0.25, 0.3) is 0 Å². The van der Waals surface area contributed by atoms with Gasteiger partial charge in [0.15, 0.2) is 0 Å². The fraction of sp³-hybridized carbons (Fsp3) is 0.522. The molecule has 0 aromatic heterocycles. The predicted octanol–water partition coefficient (Wildman–Crippen LogP) is 0.0262. The van der Waals surface area contributed by atoms with Crippen LogP contribution in [0.4, 0.5) is 0 Å². The van der Waals surface area contributed by atoms with Crippen molar-refractivity contribution in [2.45, 2.75) is 70.6 Å². The third kappa shape index (κ3) is 10.4. The van der Waals surface area contributed by atoms with Gasteiger partial charge in [0, 0.05) is 12.8 Å². The molecule has 1 aromatic rings. The van der Waals surface area contributed by atoms with Crippen LogP contribution >= 0.6 is 0 Å². The zero-order valence-electron chi connectivity index (χ0n) is 19.6. The van der Waals surface area contributed by atoms with Crippen molar-refractivity contribution in [3.63, 3.8) is 0 Å². The second-order valence-electron chi connectivity index (χ2n) is 8.55. The first-order valence-corrected chi connectivity index (χ1v) is 11.1. The van der Waals surface area contributed by atoms with Crippen LogP contribution in [0.2, 0.25) is 0 Å². The Morgan fingerprint density at radius 1 is 0.853 bits per heavy atom. The van der Waals surface area contributed by atoms with Crippen LogP contribution in [0.1, 0.15) is 45.6 Å². The van der Waals surface area contributed by atoms with Gasteiger partial charge in [0.2, 0.25) is 17.7 Å². The van der Waals surface area contributed by atoms with Gasteiger partial charge in [0.25, 0.3) is 0 Å². The smallest absolute Gasteiger partial charge is 0.325 e. The highest BCUT2D eigenvalue weighted by atomic mass is 16.4. The molecule has 1 aromatic carbocycles. The van der Waals surface area contributed by atoms with Gasteiger partial charge >= 0.3 is 11.9 Å². The highest BCUT2D eigenvalue weighted by Gasteiger charge is 2.30. The van der Waals surface area contributed by atoms with Gasteiger partial charge in [-0.3, -0.25) is 24.0 Å². The molecule has 1 rings (SSSR count). The topological polar surface area (TPSA) is 188 Å². The molecule has 11 nitrogen and oxygen atoms in total. The third-order valence-corrected chi connectivity index (χ3v) is 4.99. The van der Waals surface area contributed by atoms with Gasteiger partial charge in [-0.1, -0.05) is 44.2 Å². The van der Waals surface area contributed by atoms with E-state index in [9.17, 15) is 24.0 Å². The van der Waals surface area contributed by atoms with Crippen LogP contribution in [0.3, 0.4) is 0 Å². The summed E-state index contributed by atoms with van der Waals surface area (Å²) in [4.78, 5) is 60.4. The molecule has 0 bridgehead atoms. The molecule has 34 heavy (non-hydrogen) atoms. The lowest BCUT2D eigenvalue weighted by Gasteiger charge is -2.25. The van der Waals surface area contributed by atoms with E-state index in [4.69, 9.17) is 15.9 Å². The molecular weight excluding hydrogens is 444 g/mol. The van der Waals surface area contributed by atoms with Crippen LogP contribution < -0.4 is 21.7 Å². The van der Waals surface area contributed by atoms with Crippen LogP contribution in [0.5, 0.6) is 0 Å². The van der Waals surface area contributed by atoms with Gasteiger partial charge in [0.05, 0.1) is 6.04 Å². The van der Waals surface area contributed by atoms with Crippen LogP contribution in [0, 0.1) is 5.92 Å². The number of rotatable bonds is 14. The second-order valence-corrected chi connectivity index (χ2v) is 8.55. The molecule has 0 heterocycles. The molecule has 0 spiro atoms. The monoisotopic (exact) mass is 478 g/mol. The van der Waals surface area contributed by atoms with Gasteiger partial charge in [0.1, 0.15) is 18.1 Å². The van der Waals surface area contributed by atoms with E-state index >= 15 is 0 Å². The number of nitrogens with two attached hydrogens (primary N) is 1. The quantitative estimate of drug-likeness (QED) is 0.216. The number of hydrogen-bond acceptors (Lipinski definition) is 6. The summed E-state index contributed by atoms with van der Waals surface area (Å²) in [6.07, 6.45) is -0.196. The van der Waals surface area contributed by atoms with Crippen LogP contribution in [0.15, 0.2) is 30.3 Å². The van der Waals surface area contributed by atoms with E-state index in [0.29, 0.717) is 12.0 Å². The lowest BCUT2D eigenvalue weighted by atomic mass is 10.0. The van der Waals surface area contributed by atoms with Crippen molar-refractivity contribution < 1.29 is 34.2 Å². The van der Waals surface area contributed by atoms with Crippen LogP contribution in [-0.2, 0) is 30.4 Å². The zero-order valence-corrected chi connectivity index (χ0v) is 19.6. The Labute approximate surface area is 198 Å². The first kappa shape index (κ1) is 28.6. The first-order chi connectivity index (χ1) is 15.9. The Morgan fingerprint density at radius 2 is 1.41 bits per heavy atom. The SMILES string of the molecule is CC(C)CC(N)C(=O)NC(CCC(=O)O)C(=O)NC(Cc1ccccc1)C(=O)NC(C)C(=O)O. The number of carboxylic acid groups (broad SMARTS) is 2. The minimum Gasteiger partial charge on any atom is -0.481 e. The van der Waals surface area contributed by atoms with Crippen LogP contribution in [-0.4, -0.2) is 64.0 Å². The third-order valence-electron chi connectivity index (χ3n) is 4.99. The standard InChI is InChI=1S/C23H34N4O7/c1-13(2)11-16(24)20(30)26-17(9-10-19(28)29)21(31)27-18(12-15-7-5-4-6-8-15)22(32)25-14(3)23(33)34/h4-8,13-14,16-18H,9-12,24H2,1-3H3,(H,25,32)(H,26,30)(H,27,31)(H,28,29)(H,33,34). The molecular formula is C23H34N4O7. The molecule has 0 fully saturated rings. The van der Waals surface area contributed by atoms with E-state index in [2.05, 4.69) is 16.0 Å². The van der Waals surface area contributed by atoms with E-state index < -0.39 is 60.2 Å². The van der Waals surface area contributed by atoms with Gasteiger partial charge in [-0.05, 0) is 31.2 Å². The molecule has 11 heteroatoms. The van der Waals surface area contributed by atoms with Crippen molar-refractivity contribution in [1.29, 1.82) is 0 Å². The van der Waals surface area contributed by atoms with Gasteiger partial charge in [-0.15, -0.1) is 0 Å². The second kappa shape index (κ2) is 13.9. The molecule has 4 atom stereocenters. The van der Waals surface area contributed by atoms with Gasteiger partial charge < -0.3 is 31.9 Å². The molecule has 0 saturated heterocycles. The summed E-state index contributed by atoms with van der Waals surface area (Å²) in [7, 11) is 0. The van der Waals surface area contributed by atoms with E-state index in [0.717, 1.165) is 0 Å². The summed E-state index contributed by atoms with van der Waals surface area (Å²) in [6.45, 7) is 5.05. The lowest BCUT2D eigenvalue weighted by Crippen LogP contribution is -2.57. The Balaban J connectivity index is 3.06. The summed E-state index contributed by atoms with van der Waals surface area (Å²) in [6, 6.07) is 4.26. The maximum Gasteiger partial charge on any atom is 0.325 e. The van der Waals surface area contributed by atoms with E-state index in [1.807, 2.05) is 13.8 Å². The summed E-state index contributed by atoms with van der Waals surface area (Å²) in [5.74, 6) is -4.39. The van der Waals surface area contributed by atoms with Gasteiger partial charge in [-0.25, -0.2) is 0 Å². The summed E-state index contributed by atoms with van der Waals surface area (Å²) < 4.78 is 0. The maximum absolute atomic E-state index is 13.0. The normalized spacial score (nSPS) is 14.4. The van der Waals surface area contributed by atoms with Crippen molar-refractivity contribution in [1.82, 2.24) is 16.0 Å². The molecule has 0 radical (unpaired) electrons. The van der Waals surface area contributed by atoms with E-state index in [-0.39, 0.29) is 18.8 Å². The van der Waals surface area contributed by atoms with Crippen molar-refractivity contribution in [3.8, 4) is 0 Å². The molecule has 188 valence electrons. The number of carboxylic acids is 2. The minimum absolute atomic E-state index is 0.0528. The van der Waals surface area contributed by atoms with E-state index in [1.54, 1.807) is 30.3 Å². The lowest BCUT2D eigenvalue weighted by molar-refractivity contribution is -0.141. The van der Waals surface area contributed by atoms with E-state index in [1.165, 1.54) is 6.92 Å². The average Bonchev–Trinajstić information content (AvgIpc) is 2.75. The highest BCUT2D eigenvalue weighted by Crippen LogP contribution is 2.08. The molecule has 3 amide bonds. The number of hydrogen-bond donors (Lipinski definition) is 6. The van der Waals surface area contributed by atoms with Crippen molar-refractivity contribution in [2.75, 3.05) is 0 Å². The minimum atomic E-state index is -1.25. The molecule has 7 N–H and O–H groups in total. The fourth-order valence-electron chi connectivity index (χ4n) is 3.14. The summed E-state index contributed by atoms with van der Waals surface area (Å²) in [5.41, 5.74) is 6.58. The Morgan fingerprint density at radius 3 is 1.94 bits per heavy atom. The largest absolute Gasteiger partial charge is 0.481 e. The first-order valence-electron chi connectivity index (χ1n) is 11.1. The molecule has 0 aliphatic heterocycles. The van der Waals surface area contributed by atoms with Crippen molar-refractivity contribution in [3.05, 3.63) is 35.9 Å². The number of aliphatic carboxylic acids is 2. The van der Waals surface area contributed by atoms with Crippen molar-refractivity contribution in [2.24, 2.45) is 11.7 Å².